The van der Waals surface area contributed by atoms with Gasteiger partial charge in [-0.25, -0.2) is 0 Å². The molecular formula is C6H12N2O6S. The highest BCUT2D eigenvalue weighted by Gasteiger charge is 2.18. The van der Waals surface area contributed by atoms with Gasteiger partial charge in [-0.1, -0.05) is 0 Å². The molecule has 0 spiro atoms. The zero-order valence-electron chi connectivity index (χ0n) is 7.75. The summed E-state index contributed by atoms with van der Waals surface area (Å²) in [6.45, 7) is 0. The third-order valence-electron chi connectivity index (χ3n) is 1.54. The minimum atomic E-state index is -4.05. The van der Waals surface area contributed by atoms with E-state index < -0.39 is 33.7 Å². The van der Waals surface area contributed by atoms with E-state index in [1.54, 1.807) is 0 Å². The van der Waals surface area contributed by atoms with Crippen LogP contribution >= 0.6 is 0 Å². The van der Waals surface area contributed by atoms with E-state index >= 15 is 0 Å². The molecular weight excluding hydrogens is 228 g/mol. The number of rotatable bonds is 7. The highest BCUT2D eigenvalue weighted by molar-refractivity contribution is 7.87. The Balaban J connectivity index is 4.02. The molecule has 5 N–H and O–H groups in total. The van der Waals surface area contributed by atoms with E-state index in [-0.39, 0.29) is 12.8 Å². The van der Waals surface area contributed by atoms with E-state index in [4.69, 9.17) is 10.8 Å². The highest BCUT2D eigenvalue weighted by Crippen LogP contribution is 1.99. The second-order valence-electron chi connectivity index (χ2n) is 2.82. The predicted molar refractivity (Wildman–Crippen MR) is 48.9 cm³/mol. The van der Waals surface area contributed by atoms with Gasteiger partial charge in [-0.15, -0.1) is 0 Å². The molecule has 0 saturated heterocycles. The minimum Gasteiger partial charge on any atom is -0.480 e. The van der Waals surface area contributed by atoms with Gasteiger partial charge in [0.15, 0.2) is 0 Å². The van der Waals surface area contributed by atoms with Gasteiger partial charge in [-0.2, -0.15) is 18.6 Å². The maximum absolute atomic E-state index is 11.0. The van der Waals surface area contributed by atoms with Crippen molar-refractivity contribution in [3.8, 4) is 0 Å². The molecule has 88 valence electrons. The average molecular weight is 240 g/mol. The molecule has 1 atom stereocenters. The summed E-state index contributed by atoms with van der Waals surface area (Å²) in [6, 6.07) is -1.18. The zero-order valence-corrected chi connectivity index (χ0v) is 8.57. The number of carboxylic acids is 1. The first-order chi connectivity index (χ1) is 6.78. The van der Waals surface area contributed by atoms with Crippen LogP contribution in [0.2, 0.25) is 0 Å². The summed E-state index contributed by atoms with van der Waals surface area (Å²) in [5.41, 5.74) is 5.10. The molecule has 0 fully saturated rings. The first-order valence-electron chi connectivity index (χ1n) is 3.89. The van der Waals surface area contributed by atoms with Crippen molar-refractivity contribution in [2.45, 2.75) is 18.9 Å². The Morgan fingerprint density at radius 2 is 1.93 bits per heavy atom. The molecule has 0 saturated carbocycles. The van der Waals surface area contributed by atoms with Gasteiger partial charge in [0.2, 0.25) is 0 Å². The maximum Gasteiger partial charge on any atom is 0.320 e. The summed E-state index contributed by atoms with van der Waals surface area (Å²) in [5.74, 6) is 1.57. The molecule has 0 radical (unpaired) electrons. The van der Waals surface area contributed by atoms with Crippen molar-refractivity contribution in [3.63, 3.8) is 0 Å². The number of carboxylic acid groups (broad SMARTS) is 1. The van der Waals surface area contributed by atoms with Gasteiger partial charge >= 0.3 is 5.97 Å². The Morgan fingerprint density at radius 1 is 1.40 bits per heavy atom. The van der Waals surface area contributed by atoms with Crippen LogP contribution in [0, 0.1) is 0 Å². The van der Waals surface area contributed by atoms with Crippen LogP contribution < -0.4 is 11.6 Å². The van der Waals surface area contributed by atoms with E-state index in [2.05, 4.69) is 10.2 Å². The van der Waals surface area contributed by atoms with Crippen LogP contribution in [0.4, 0.5) is 0 Å². The quantitative estimate of drug-likeness (QED) is 0.431. The molecule has 0 aliphatic carbocycles. The molecule has 0 heterocycles. The molecule has 0 aliphatic rings. The molecule has 0 aromatic heterocycles. The van der Waals surface area contributed by atoms with Crippen LogP contribution in [0.15, 0.2) is 0 Å². The number of nitrogens with two attached hydrogens (primary N) is 2. The van der Waals surface area contributed by atoms with Crippen LogP contribution in [0.1, 0.15) is 12.8 Å². The van der Waals surface area contributed by atoms with Gasteiger partial charge in [0, 0.05) is 6.42 Å². The number of ketones is 1. The third-order valence-corrected chi connectivity index (χ3v) is 2.50. The lowest BCUT2D eigenvalue weighted by Crippen LogP contribution is -2.31. The molecule has 0 unspecified atom stereocenters. The van der Waals surface area contributed by atoms with Gasteiger partial charge in [-0.05, 0) is 6.42 Å². The van der Waals surface area contributed by atoms with Crippen LogP contribution in [0.5, 0.6) is 0 Å². The highest BCUT2D eigenvalue weighted by atomic mass is 32.2. The smallest absolute Gasteiger partial charge is 0.320 e. The molecule has 9 heteroatoms. The Labute approximate surface area is 86.3 Å². The number of Topliss-reactive ketones (excluding diaryl/α,β-unsaturated/α-hetero) is 1. The average Bonchev–Trinajstić information content (AvgIpc) is 2.13. The fraction of sp³-hybridized carbons (Fsp3) is 0.667. The molecule has 0 aliphatic heterocycles. The van der Waals surface area contributed by atoms with E-state index in [9.17, 15) is 18.0 Å². The number of aliphatic carboxylic acids is 1. The van der Waals surface area contributed by atoms with Crippen molar-refractivity contribution in [1.82, 2.24) is 0 Å². The predicted octanol–water partition coefficient (Wildman–Crippen LogP) is -2.03. The molecule has 0 aromatic carbocycles. The molecule has 8 nitrogen and oxygen atoms in total. The Hall–Kier alpha value is -1.03. The van der Waals surface area contributed by atoms with Gasteiger partial charge in [0.05, 0.1) is 0 Å². The van der Waals surface area contributed by atoms with E-state index in [0.717, 1.165) is 0 Å². The summed E-state index contributed by atoms with van der Waals surface area (Å²) in [7, 11) is -4.05. The van der Waals surface area contributed by atoms with Gasteiger partial charge in [0.1, 0.15) is 17.6 Å². The minimum absolute atomic E-state index is 0.131. The second-order valence-corrected chi connectivity index (χ2v) is 4.42. The number of hydrogen-bond acceptors (Lipinski definition) is 7. The summed E-state index contributed by atoms with van der Waals surface area (Å²) in [4.78, 5) is 21.2. The molecule has 0 aromatic rings. The summed E-state index contributed by atoms with van der Waals surface area (Å²) in [6.07, 6.45) is -0.385. The molecule has 0 rings (SSSR count). The van der Waals surface area contributed by atoms with Crippen molar-refractivity contribution in [3.05, 3.63) is 0 Å². The first-order valence-corrected chi connectivity index (χ1v) is 5.47. The van der Waals surface area contributed by atoms with Gasteiger partial charge in [-0.3, -0.25) is 9.59 Å². The normalized spacial score (nSPS) is 13.5. The van der Waals surface area contributed by atoms with Gasteiger partial charge < -0.3 is 10.8 Å². The fourth-order valence-electron chi connectivity index (χ4n) is 0.743. The SMILES string of the molecule is NOS(=O)(=O)CC(=O)CC[C@@H](N)C(=O)O. The van der Waals surface area contributed by atoms with Crippen molar-refractivity contribution < 1.29 is 27.4 Å². The van der Waals surface area contributed by atoms with Crippen LogP contribution in [-0.4, -0.2) is 37.1 Å². The fourth-order valence-corrected chi connectivity index (χ4v) is 1.35. The number of carbonyl (C=O) groups is 2. The lowest BCUT2D eigenvalue weighted by molar-refractivity contribution is -0.138. The Kier molecular flexibility index (Phi) is 5.36. The molecule has 0 bridgehead atoms. The Bertz CT molecular complexity index is 338. The van der Waals surface area contributed by atoms with Crippen molar-refractivity contribution in [2.24, 2.45) is 11.6 Å². The summed E-state index contributed by atoms with van der Waals surface area (Å²) < 4.78 is 24.9. The standard InChI is InChI=1S/C6H12N2O6S/c7-5(6(10)11)2-1-4(9)3-15(12,13)14-8/h5H,1-3,7-8H2,(H,10,11)/t5-/m1/s1. The largest absolute Gasteiger partial charge is 0.480 e. The molecule has 0 amide bonds. The number of hydrogen-bond donors (Lipinski definition) is 3. The van der Waals surface area contributed by atoms with Crippen molar-refractivity contribution in [2.75, 3.05) is 5.75 Å². The summed E-state index contributed by atoms with van der Waals surface area (Å²) >= 11 is 0. The number of carbonyl (C=O) groups excluding carboxylic acids is 1. The van der Waals surface area contributed by atoms with Crippen LogP contribution in [-0.2, 0) is 24.0 Å². The van der Waals surface area contributed by atoms with Crippen molar-refractivity contribution >= 4 is 21.9 Å². The molecule has 15 heavy (non-hydrogen) atoms. The monoisotopic (exact) mass is 240 g/mol. The van der Waals surface area contributed by atoms with E-state index in [0.29, 0.717) is 0 Å². The lowest BCUT2D eigenvalue weighted by Gasteiger charge is -2.04. The third kappa shape index (κ3) is 6.12. The topological polar surface area (TPSA) is 150 Å². The second kappa shape index (κ2) is 5.75. The van der Waals surface area contributed by atoms with Gasteiger partial charge in [0.25, 0.3) is 10.1 Å². The first kappa shape index (κ1) is 14.0. The maximum atomic E-state index is 11.0. The summed E-state index contributed by atoms with van der Waals surface area (Å²) in [5, 5.41) is 8.37. The van der Waals surface area contributed by atoms with Crippen LogP contribution in [0.25, 0.3) is 0 Å². The Morgan fingerprint density at radius 3 is 2.33 bits per heavy atom. The zero-order chi connectivity index (χ0) is 12.1. The van der Waals surface area contributed by atoms with Crippen molar-refractivity contribution in [1.29, 1.82) is 0 Å². The van der Waals surface area contributed by atoms with E-state index in [1.165, 1.54) is 0 Å². The van der Waals surface area contributed by atoms with Crippen LogP contribution in [0.3, 0.4) is 0 Å². The van der Waals surface area contributed by atoms with E-state index in [1.807, 2.05) is 0 Å². The lowest BCUT2D eigenvalue weighted by atomic mass is 10.1.